The number of nitrogens with zero attached hydrogens (tertiary/aromatic N) is 1. The molecular weight excluding hydrogens is 330 g/mol. The van der Waals surface area contributed by atoms with E-state index in [1.165, 1.54) is 0 Å². The summed E-state index contributed by atoms with van der Waals surface area (Å²) in [6.07, 6.45) is 1.63. The molecule has 1 aromatic carbocycles. The molecule has 3 N–H and O–H groups in total. The smallest absolute Gasteiger partial charge is 0.254 e. The zero-order chi connectivity index (χ0) is 16.8. The first-order valence-electron chi connectivity index (χ1n) is 7.98. The number of nitrogens with one attached hydrogen (secondary N) is 1. The van der Waals surface area contributed by atoms with E-state index in [9.17, 15) is 9.59 Å². The van der Waals surface area contributed by atoms with Crippen molar-refractivity contribution in [2.45, 2.75) is 19.8 Å². The maximum atomic E-state index is 12.7. The summed E-state index contributed by atoms with van der Waals surface area (Å²) in [6.45, 7) is 3.95. The number of piperidine rings is 1. The minimum absolute atomic E-state index is 0. The van der Waals surface area contributed by atoms with Crippen LogP contribution >= 0.6 is 12.4 Å². The van der Waals surface area contributed by atoms with Gasteiger partial charge in [-0.05, 0) is 37.5 Å². The number of amides is 2. The maximum absolute atomic E-state index is 12.7. The summed E-state index contributed by atoms with van der Waals surface area (Å²) < 4.78 is 5.28. The normalized spacial score (nSPS) is 17.0. The van der Waals surface area contributed by atoms with Crippen LogP contribution in [0.15, 0.2) is 18.2 Å². The minimum Gasteiger partial charge on any atom is -0.496 e. The molecule has 0 saturated carbocycles. The van der Waals surface area contributed by atoms with Crippen LogP contribution < -0.4 is 15.8 Å². The van der Waals surface area contributed by atoms with E-state index in [2.05, 4.69) is 5.32 Å². The zero-order valence-electron chi connectivity index (χ0n) is 14.2. The van der Waals surface area contributed by atoms with Gasteiger partial charge in [-0.1, -0.05) is 6.07 Å². The van der Waals surface area contributed by atoms with Gasteiger partial charge in [0.1, 0.15) is 5.75 Å². The van der Waals surface area contributed by atoms with Crippen molar-refractivity contribution in [2.24, 2.45) is 11.7 Å². The quantitative estimate of drug-likeness (QED) is 0.835. The lowest BCUT2D eigenvalue weighted by molar-refractivity contribution is -0.126. The van der Waals surface area contributed by atoms with Gasteiger partial charge >= 0.3 is 0 Å². The Morgan fingerprint density at radius 1 is 1.42 bits per heavy atom. The van der Waals surface area contributed by atoms with Crippen molar-refractivity contribution in [3.63, 3.8) is 0 Å². The van der Waals surface area contributed by atoms with E-state index < -0.39 is 0 Å². The lowest BCUT2D eigenvalue weighted by Gasteiger charge is -2.32. The summed E-state index contributed by atoms with van der Waals surface area (Å²) in [4.78, 5) is 26.5. The molecule has 0 aromatic heterocycles. The number of likely N-dealkylation sites (tertiary alicyclic amines) is 1. The van der Waals surface area contributed by atoms with Crippen LogP contribution in [0.2, 0.25) is 0 Å². The highest BCUT2D eigenvalue weighted by Crippen LogP contribution is 2.23. The monoisotopic (exact) mass is 355 g/mol. The van der Waals surface area contributed by atoms with Crippen LogP contribution in [0.4, 0.5) is 0 Å². The van der Waals surface area contributed by atoms with Crippen LogP contribution in [0.1, 0.15) is 28.8 Å². The standard InChI is InChI=1S/C17H25N3O3.ClH/c1-12-5-6-13(10-15(12)23-2)17(22)20-9-3-4-14(11-20)16(21)19-8-7-18;/h5-6,10,14H,3-4,7-9,11,18H2,1-2H3,(H,19,21);1H. The van der Waals surface area contributed by atoms with Gasteiger partial charge in [0.25, 0.3) is 5.91 Å². The Morgan fingerprint density at radius 3 is 2.83 bits per heavy atom. The van der Waals surface area contributed by atoms with Gasteiger partial charge in [0.15, 0.2) is 0 Å². The summed E-state index contributed by atoms with van der Waals surface area (Å²) in [5.41, 5.74) is 6.99. The highest BCUT2D eigenvalue weighted by atomic mass is 35.5. The fourth-order valence-electron chi connectivity index (χ4n) is 2.85. The zero-order valence-corrected chi connectivity index (χ0v) is 15.0. The fraction of sp³-hybridized carbons (Fsp3) is 0.529. The number of halogens is 1. The van der Waals surface area contributed by atoms with E-state index in [0.29, 0.717) is 37.5 Å². The van der Waals surface area contributed by atoms with E-state index in [0.717, 1.165) is 18.4 Å². The summed E-state index contributed by atoms with van der Waals surface area (Å²) in [6, 6.07) is 5.44. The Hall–Kier alpha value is -1.79. The van der Waals surface area contributed by atoms with Crippen LogP contribution in [-0.4, -0.2) is 50.0 Å². The van der Waals surface area contributed by atoms with Gasteiger partial charge in [-0.3, -0.25) is 9.59 Å². The van der Waals surface area contributed by atoms with Crippen molar-refractivity contribution in [3.05, 3.63) is 29.3 Å². The van der Waals surface area contributed by atoms with Gasteiger partial charge < -0.3 is 20.7 Å². The molecule has 1 heterocycles. The van der Waals surface area contributed by atoms with Crippen molar-refractivity contribution in [2.75, 3.05) is 33.3 Å². The average molecular weight is 356 g/mol. The second-order valence-corrected chi connectivity index (χ2v) is 5.85. The van der Waals surface area contributed by atoms with Gasteiger partial charge in [-0.2, -0.15) is 0 Å². The third-order valence-electron chi connectivity index (χ3n) is 4.18. The topological polar surface area (TPSA) is 84.7 Å². The Kier molecular flexibility index (Phi) is 8.01. The van der Waals surface area contributed by atoms with Gasteiger partial charge in [-0.15, -0.1) is 12.4 Å². The van der Waals surface area contributed by atoms with Crippen LogP contribution in [0.25, 0.3) is 0 Å². The second-order valence-electron chi connectivity index (χ2n) is 5.85. The molecule has 1 saturated heterocycles. The molecule has 24 heavy (non-hydrogen) atoms. The summed E-state index contributed by atoms with van der Waals surface area (Å²) >= 11 is 0. The maximum Gasteiger partial charge on any atom is 0.254 e. The molecule has 0 bridgehead atoms. The van der Waals surface area contributed by atoms with E-state index in [-0.39, 0.29) is 30.1 Å². The molecule has 0 aliphatic carbocycles. The van der Waals surface area contributed by atoms with Crippen molar-refractivity contribution in [1.82, 2.24) is 10.2 Å². The SMILES string of the molecule is COc1cc(C(=O)N2CCCC(C(=O)NCCN)C2)ccc1C.Cl. The summed E-state index contributed by atoms with van der Waals surface area (Å²) in [5.74, 6) is 0.464. The molecule has 134 valence electrons. The van der Waals surface area contributed by atoms with Crippen LogP contribution in [-0.2, 0) is 4.79 Å². The molecule has 1 atom stereocenters. The fourth-order valence-corrected chi connectivity index (χ4v) is 2.85. The Morgan fingerprint density at radius 2 is 2.17 bits per heavy atom. The van der Waals surface area contributed by atoms with Crippen molar-refractivity contribution in [3.8, 4) is 5.75 Å². The number of carbonyl (C=O) groups excluding carboxylic acids is 2. The summed E-state index contributed by atoms with van der Waals surface area (Å²) in [7, 11) is 1.59. The number of hydrogen-bond donors (Lipinski definition) is 2. The average Bonchev–Trinajstić information content (AvgIpc) is 2.59. The third-order valence-corrected chi connectivity index (χ3v) is 4.18. The Balaban J connectivity index is 0.00000288. The van der Waals surface area contributed by atoms with Crippen LogP contribution in [0, 0.1) is 12.8 Å². The lowest BCUT2D eigenvalue weighted by Crippen LogP contribution is -2.46. The van der Waals surface area contributed by atoms with Crippen molar-refractivity contribution < 1.29 is 14.3 Å². The molecule has 0 spiro atoms. The van der Waals surface area contributed by atoms with E-state index in [1.807, 2.05) is 13.0 Å². The molecule has 1 aliphatic heterocycles. The van der Waals surface area contributed by atoms with E-state index >= 15 is 0 Å². The number of rotatable bonds is 5. The van der Waals surface area contributed by atoms with Crippen molar-refractivity contribution >= 4 is 24.2 Å². The Bertz CT molecular complexity index is 580. The molecule has 2 amide bonds. The number of ether oxygens (including phenoxy) is 1. The lowest BCUT2D eigenvalue weighted by atomic mass is 9.96. The molecule has 1 aromatic rings. The molecule has 1 aliphatic rings. The molecular formula is C17H26ClN3O3. The highest BCUT2D eigenvalue weighted by molar-refractivity contribution is 5.95. The number of hydrogen-bond acceptors (Lipinski definition) is 4. The first kappa shape index (κ1) is 20.3. The van der Waals surface area contributed by atoms with Gasteiger partial charge in [0.2, 0.25) is 5.91 Å². The largest absolute Gasteiger partial charge is 0.496 e. The Labute approximate surface area is 149 Å². The van der Waals surface area contributed by atoms with Crippen LogP contribution in [0.5, 0.6) is 5.75 Å². The number of methoxy groups -OCH3 is 1. The number of benzene rings is 1. The molecule has 0 radical (unpaired) electrons. The van der Waals surface area contributed by atoms with Crippen LogP contribution in [0.3, 0.4) is 0 Å². The molecule has 1 unspecified atom stereocenters. The highest BCUT2D eigenvalue weighted by Gasteiger charge is 2.28. The van der Waals surface area contributed by atoms with E-state index in [4.69, 9.17) is 10.5 Å². The second kappa shape index (κ2) is 9.49. The number of aryl methyl sites for hydroxylation is 1. The predicted molar refractivity (Wildman–Crippen MR) is 95.7 cm³/mol. The molecule has 7 heteroatoms. The van der Waals surface area contributed by atoms with E-state index in [1.54, 1.807) is 24.1 Å². The van der Waals surface area contributed by atoms with Crippen molar-refractivity contribution in [1.29, 1.82) is 0 Å². The molecule has 6 nitrogen and oxygen atoms in total. The molecule has 2 rings (SSSR count). The first-order valence-corrected chi connectivity index (χ1v) is 7.98. The first-order chi connectivity index (χ1) is 11.1. The minimum atomic E-state index is -0.161. The number of nitrogens with two attached hydrogens (primary N) is 1. The van der Waals surface area contributed by atoms with Gasteiger partial charge in [0.05, 0.1) is 13.0 Å². The molecule has 1 fully saturated rings. The van der Waals surface area contributed by atoms with Gasteiger partial charge in [-0.25, -0.2) is 0 Å². The number of carbonyl (C=O) groups is 2. The van der Waals surface area contributed by atoms with Gasteiger partial charge in [0, 0.05) is 31.7 Å². The predicted octanol–water partition coefficient (Wildman–Crippen LogP) is 1.35. The summed E-state index contributed by atoms with van der Waals surface area (Å²) in [5, 5.41) is 2.81. The third kappa shape index (κ3) is 4.85.